The van der Waals surface area contributed by atoms with Crippen LogP contribution in [0, 0.1) is 20.8 Å². The van der Waals surface area contributed by atoms with E-state index in [4.69, 9.17) is 4.98 Å². The molecule has 0 saturated carbocycles. The molecule has 1 fully saturated rings. The Labute approximate surface area is 204 Å². The van der Waals surface area contributed by atoms with Crippen LogP contribution in [0.3, 0.4) is 0 Å². The van der Waals surface area contributed by atoms with Crippen molar-refractivity contribution in [1.29, 1.82) is 0 Å². The lowest BCUT2D eigenvalue weighted by Crippen LogP contribution is -2.40. The molecule has 1 amide bonds. The van der Waals surface area contributed by atoms with Gasteiger partial charge in [0, 0.05) is 19.0 Å². The molecule has 1 aliphatic heterocycles. The van der Waals surface area contributed by atoms with Crippen LogP contribution in [0.1, 0.15) is 52.4 Å². The molecule has 180 valence electrons. The van der Waals surface area contributed by atoms with E-state index in [0.717, 1.165) is 41.6 Å². The summed E-state index contributed by atoms with van der Waals surface area (Å²) in [4.78, 5) is 35.5. The monoisotopic (exact) mass is 470 g/mol. The molecule has 0 aliphatic carbocycles. The van der Waals surface area contributed by atoms with E-state index in [1.807, 2.05) is 36.1 Å². The number of hydrogen-bond acceptors (Lipinski definition) is 5. The first kappa shape index (κ1) is 23.0. The second-order valence-corrected chi connectivity index (χ2v) is 9.58. The van der Waals surface area contributed by atoms with E-state index in [-0.39, 0.29) is 22.9 Å². The lowest BCUT2D eigenvalue weighted by Gasteiger charge is -2.32. The van der Waals surface area contributed by atoms with Gasteiger partial charge < -0.3 is 9.88 Å². The fourth-order valence-corrected chi connectivity index (χ4v) is 4.83. The number of piperidine rings is 1. The van der Waals surface area contributed by atoms with Crippen LogP contribution in [0.15, 0.2) is 47.3 Å². The topological polar surface area (TPSA) is 96.8 Å². The van der Waals surface area contributed by atoms with Gasteiger partial charge in [-0.15, -0.1) is 5.10 Å². The highest BCUT2D eigenvalue weighted by atomic mass is 16.2. The van der Waals surface area contributed by atoms with Gasteiger partial charge in [-0.3, -0.25) is 9.59 Å². The van der Waals surface area contributed by atoms with Gasteiger partial charge in [0.15, 0.2) is 11.2 Å². The van der Waals surface area contributed by atoms with Gasteiger partial charge in [-0.1, -0.05) is 53.2 Å². The normalized spacial score (nSPS) is 16.1. The van der Waals surface area contributed by atoms with Crippen molar-refractivity contribution in [1.82, 2.24) is 29.9 Å². The first-order chi connectivity index (χ1) is 16.9. The second-order valence-electron chi connectivity index (χ2n) is 9.58. The Morgan fingerprint density at radius 2 is 1.89 bits per heavy atom. The molecule has 1 atom stereocenters. The number of aromatic amines is 1. The number of nitrogens with zero attached hydrogens (tertiary/aromatic N) is 5. The molecular weight excluding hydrogens is 440 g/mol. The molecule has 0 spiro atoms. The zero-order valence-corrected chi connectivity index (χ0v) is 20.4. The van der Waals surface area contributed by atoms with Gasteiger partial charge in [-0.2, -0.15) is 0 Å². The third-order valence-electron chi connectivity index (χ3n) is 6.98. The van der Waals surface area contributed by atoms with Crippen molar-refractivity contribution in [3.05, 3.63) is 86.5 Å². The predicted molar refractivity (Wildman–Crippen MR) is 134 cm³/mol. The number of carbonyl (C=O) groups is 1. The summed E-state index contributed by atoms with van der Waals surface area (Å²) >= 11 is 0. The molecule has 35 heavy (non-hydrogen) atoms. The van der Waals surface area contributed by atoms with Gasteiger partial charge in [0.1, 0.15) is 5.82 Å². The van der Waals surface area contributed by atoms with Crippen molar-refractivity contribution in [2.75, 3.05) is 13.1 Å². The molecule has 1 saturated heterocycles. The molecule has 8 heteroatoms. The van der Waals surface area contributed by atoms with Crippen LogP contribution < -0.4 is 5.56 Å². The number of H-pyrrole nitrogens is 1. The lowest BCUT2D eigenvalue weighted by molar-refractivity contribution is -0.131. The average molecular weight is 471 g/mol. The Balaban J connectivity index is 1.39. The number of carbonyl (C=O) groups excluding carboxylic acids is 1. The van der Waals surface area contributed by atoms with Crippen molar-refractivity contribution in [2.24, 2.45) is 0 Å². The molecule has 2 aromatic heterocycles. The molecular formula is C27H30N6O2. The maximum absolute atomic E-state index is 13.1. The van der Waals surface area contributed by atoms with Gasteiger partial charge in [0.25, 0.3) is 5.56 Å². The number of amides is 1. The summed E-state index contributed by atoms with van der Waals surface area (Å²) in [5.41, 5.74) is 6.03. The number of likely N-dealkylation sites (tertiary alicyclic amines) is 1. The van der Waals surface area contributed by atoms with Gasteiger partial charge in [0.05, 0.1) is 13.0 Å². The summed E-state index contributed by atoms with van der Waals surface area (Å²) in [6.45, 7) is 7.90. The van der Waals surface area contributed by atoms with Crippen LogP contribution in [-0.4, -0.2) is 48.9 Å². The Bertz CT molecular complexity index is 1450. The van der Waals surface area contributed by atoms with E-state index in [1.54, 1.807) is 4.68 Å². The third-order valence-corrected chi connectivity index (χ3v) is 6.98. The SMILES string of the molecule is Cc1ccc(C)c(Cn2nnc3c(=O)[nH]c([C@H]4CCCN(C(=O)Cc5ccccc5C)C4)nc32)c1. The smallest absolute Gasteiger partial charge is 0.281 e. The molecule has 0 unspecified atom stereocenters. The zero-order valence-electron chi connectivity index (χ0n) is 20.4. The Morgan fingerprint density at radius 1 is 1.09 bits per heavy atom. The minimum absolute atomic E-state index is 0.0364. The van der Waals surface area contributed by atoms with Gasteiger partial charge in [-0.25, -0.2) is 9.67 Å². The Hall–Kier alpha value is -3.81. The first-order valence-corrected chi connectivity index (χ1v) is 12.1. The van der Waals surface area contributed by atoms with Crippen LogP contribution >= 0.6 is 0 Å². The molecule has 5 rings (SSSR count). The number of aryl methyl sites for hydroxylation is 3. The molecule has 0 radical (unpaired) electrons. The van der Waals surface area contributed by atoms with Crippen LogP contribution in [0.25, 0.3) is 11.2 Å². The minimum Gasteiger partial charge on any atom is -0.342 e. The predicted octanol–water partition coefficient (Wildman–Crippen LogP) is 3.44. The molecule has 8 nitrogen and oxygen atoms in total. The second kappa shape index (κ2) is 9.44. The summed E-state index contributed by atoms with van der Waals surface area (Å²) in [6, 6.07) is 14.3. The molecule has 4 aromatic rings. The number of rotatable bonds is 5. The fraction of sp³-hybridized carbons (Fsp3) is 0.370. The number of hydrogen-bond donors (Lipinski definition) is 1. The lowest BCUT2D eigenvalue weighted by atomic mass is 9.96. The van der Waals surface area contributed by atoms with Crippen LogP contribution in [0.2, 0.25) is 0 Å². The number of aromatic nitrogens is 5. The van der Waals surface area contributed by atoms with Crippen molar-refractivity contribution in [2.45, 2.75) is 52.5 Å². The van der Waals surface area contributed by atoms with Crippen LogP contribution in [0.5, 0.6) is 0 Å². The highest BCUT2D eigenvalue weighted by Gasteiger charge is 2.27. The number of nitrogens with one attached hydrogen (secondary N) is 1. The van der Waals surface area contributed by atoms with E-state index in [9.17, 15) is 9.59 Å². The number of benzene rings is 2. The van der Waals surface area contributed by atoms with E-state index < -0.39 is 0 Å². The standard InChI is InChI=1S/C27H30N6O2/c1-17-10-11-19(3)22(13-17)16-33-26-24(30-31-33)27(35)29-25(28-26)21-9-6-12-32(15-21)23(34)14-20-8-5-4-7-18(20)2/h4-5,7-8,10-11,13,21H,6,9,12,14-16H2,1-3H3,(H,28,29,35)/t21-/m0/s1. The maximum Gasteiger partial charge on any atom is 0.281 e. The van der Waals surface area contributed by atoms with Crippen molar-refractivity contribution in [3.8, 4) is 0 Å². The molecule has 1 N–H and O–H groups in total. The summed E-state index contributed by atoms with van der Waals surface area (Å²) < 4.78 is 1.69. The Kier molecular flexibility index (Phi) is 6.19. The largest absolute Gasteiger partial charge is 0.342 e. The fourth-order valence-electron chi connectivity index (χ4n) is 4.83. The molecule has 2 aromatic carbocycles. The Morgan fingerprint density at radius 3 is 2.71 bits per heavy atom. The third kappa shape index (κ3) is 4.73. The summed E-state index contributed by atoms with van der Waals surface area (Å²) in [5.74, 6) is 0.667. The number of fused-ring (bicyclic) bond motifs is 1. The van der Waals surface area contributed by atoms with E-state index in [0.29, 0.717) is 31.0 Å². The van der Waals surface area contributed by atoms with Gasteiger partial charge in [-0.05, 0) is 55.9 Å². The summed E-state index contributed by atoms with van der Waals surface area (Å²) in [7, 11) is 0. The summed E-state index contributed by atoms with van der Waals surface area (Å²) in [6.07, 6.45) is 2.11. The van der Waals surface area contributed by atoms with E-state index in [1.165, 1.54) is 5.56 Å². The quantitative estimate of drug-likeness (QED) is 0.482. The van der Waals surface area contributed by atoms with Crippen LogP contribution in [-0.2, 0) is 17.8 Å². The van der Waals surface area contributed by atoms with Gasteiger partial charge >= 0.3 is 0 Å². The first-order valence-electron chi connectivity index (χ1n) is 12.1. The van der Waals surface area contributed by atoms with Gasteiger partial charge in [0.2, 0.25) is 5.91 Å². The maximum atomic E-state index is 13.1. The highest BCUT2D eigenvalue weighted by Crippen LogP contribution is 2.25. The van der Waals surface area contributed by atoms with E-state index in [2.05, 4.69) is 47.3 Å². The zero-order chi connectivity index (χ0) is 24.5. The van der Waals surface area contributed by atoms with Crippen LogP contribution in [0.4, 0.5) is 0 Å². The van der Waals surface area contributed by atoms with Crippen molar-refractivity contribution >= 4 is 17.1 Å². The van der Waals surface area contributed by atoms with Crippen molar-refractivity contribution in [3.63, 3.8) is 0 Å². The average Bonchev–Trinajstić information content (AvgIpc) is 3.26. The minimum atomic E-state index is -0.291. The highest BCUT2D eigenvalue weighted by molar-refractivity contribution is 5.79. The molecule has 0 bridgehead atoms. The molecule has 3 heterocycles. The van der Waals surface area contributed by atoms with Crippen molar-refractivity contribution < 1.29 is 4.79 Å². The summed E-state index contributed by atoms with van der Waals surface area (Å²) in [5, 5.41) is 8.32. The molecule has 1 aliphatic rings. The van der Waals surface area contributed by atoms with E-state index >= 15 is 0 Å².